The van der Waals surface area contributed by atoms with Crippen LogP contribution in [0.2, 0.25) is 0 Å². The molecule has 0 N–H and O–H groups in total. The Labute approximate surface area is 129 Å². The Morgan fingerprint density at radius 2 is 0.684 bits per heavy atom. The van der Waals surface area contributed by atoms with Crippen LogP contribution in [0.4, 0.5) is 0 Å². The van der Waals surface area contributed by atoms with E-state index in [9.17, 15) is 0 Å². The van der Waals surface area contributed by atoms with Crippen molar-refractivity contribution in [2.45, 2.75) is 123 Å². The maximum Gasteiger partial charge on any atom is -0.0471 e. The molecule has 0 heteroatoms. The van der Waals surface area contributed by atoms with Gasteiger partial charge in [-0.3, -0.25) is 0 Å². The molecule has 0 bridgehead atoms. The van der Waals surface area contributed by atoms with Crippen molar-refractivity contribution in [1.82, 2.24) is 0 Å². The molecule has 0 aromatic carbocycles. The fourth-order valence-electron chi connectivity index (χ4n) is 0.577. The SMILES string of the molecule is CC.CC.CC.CC.CC.CCC.CCCC(C)C. The highest BCUT2D eigenvalue weighted by molar-refractivity contribution is 4.38. The Kier molecular flexibility index (Phi) is 325. The van der Waals surface area contributed by atoms with Crippen molar-refractivity contribution >= 4 is 0 Å². The highest BCUT2D eigenvalue weighted by Crippen LogP contribution is 2.00. The van der Waals surface area contributed by atoms with Crippen LogP contribution in [0.3, 0.4) is 0 Å². The second kappa shape index (κ2) is 144. The maximum absolute atomic E-state index is 2.25. The van der Waals surface area contributed by atoms with Crippen LogP contribution >= 0.6 is 0 Å². The minimum absolute atomic E-state index is 0.898. The summed E-state index contributed by atoms with van der Waals surface area (Å²) in [5.74, 6) is 0.898. The van der Waals surface area contributed by atoms with Crippen molar-refractivity contribution in [2.24, 2.45) is 5.92 Å². The Morgan fingerprint density at radius 3 is 0.684 bits per heavy atom. The first-order chi connectivity index (χ1) is 9.18. The molecule has 0 atom stereocenters. The van der Waals surface area contributed by atoms with Gasteiger partial charge >= 0.3 is 0 Å². The highest BCUT2D eigenvalue weighted by Gasteiger charge is 1.85. The first-order valence-corrected chi connectivity index (χ1v) is 9.18. The summed E-state index contributed by atoms with van der Waals surface area (Å²) >= 11 is 0. The fourth-order valence-corrected chi connectivity index (χ4v) is 0.577. The van der Waals surface area contributed by atoms with Gasteiger partial charge in [0.25, 0.3) is 0 Å². The van der Waals surface area contributed by atoms with Gasteiger partial charge in [0, 0.05) is 0 Å². The predicted octanol–water partition coefficient (Wildman–Crippen LogP) is 8.99. The molecule has 0 radical (unpaired) electrons. The zero-order chi connectivity index (χ0) is 17.7. The van der Waals surface area contributed by atoms with Crippen molar-refractivity contribution in [3.05, 3.63) is 0 Å². The Balaban J connectivity index is -0.0000000193. The van der Waals surface area contributed by atoms with Gasteiger partial charge in [-0.25, -0.2) is 0 Å². The monoisotopic (exact) mass is 280 g/mol. The van der Waals surface area contributed by atoms with Gasteiger partial charge in [0.15, 0.2) is 0 Å². The van der Waals surface area contributed by atoms with Crippen LogP contribution in [0.15, 0.2) is 0 Å². The van der Waals surface area contributed by atoms with Crippen molar-refractivity contribution < 1.29 is 0 Å². The summed E-state index contributed by atoms with van der Waals surface area (Å²) in [7, 11) is 0. The van der Waals surface area contributed by atoms with E-state index >= 15 is 0 Å². The largest absolute Gasteiger partial charge is 0.0683 e. The van der Waals surface area contributed by atoms with E-state index in [1.807, 2.05) is 69.2 Å². The molecule has 128 valence electrons. The number of hydrogen-bond donors (Lipinski definition) is 0. The minimum Gasteiger partial charge on any atom is -0.0683 e. The molecule has 0 saturated carbocycles. The summed E-state index contributed by atoms with van der Waals surface area (Å²) in [6.07, 6.45) is 3.96. The molecular formula is C19H52. The quantitative estimate of drug-likeness (QED) is 0.473. The van der Waals surface area contributed by atoms with Gasteiger partial charge in [0.1, 0.15) is 0 Å². The third-order valence-electron chi connectivity index (χ3n) is 0.866. The molecule has 0 heterocycles. The summed E-state index contributed by atoms with van der Waals surface area (Å²) < 4.78 is 0. The van der Waals surface area contributed by atoms with Crippen LogP contribution in [-0.2, 0) is 0 Å². The van der Waals surface area contributed by atoms with Gasteiger partial charge in [0.2, 0.25) is 0 Å². The molecule has 0 aromatic heterocycles. The zero-order valence-electron chi connectivity index (χ0n) is 17.7. The number of rotatable bonds is 2. The third-order valence-corrected chi connectivity index (χ3v) is 0.866. The van der Waals surface area contributed by atoms with Crippen molar-refractivity contribution in [2.75, 3.05) is 0 Å². The van der Waals surface area contributed by atoms with E-state index in [0.717, 1.165) is 5.92 Å². The molecule has 19 heavy (non-hydrogen) atoms. The molecule has 0 fully saturated rings. The first kappa shape index (κ1) is 42.8. The van der Waals surface area contributed by atoms with E-state index < -0.39 is 0 Å². The second-order valence-electron chi connectivity index (χ2n) is 2.89. The van der Waals surface area contributed by atoms with Gasteiger partial charge in [0.05, 0.1) is 0 Å². The lowest BCUT2D eigenvalue weighted by Gasteiger charge is -1.95. The Hall–Kier alpha value is 0. The minimum atomic E-state index is 0.898. The standard InChI is InChI=1S/C6H14.C3H8.5C2H6/c1-4-5-6(2)3;1-3-2;5*1-2/h6H,4-5H2,1-3H3;3H2,1-2H3;5*1-2H3. The molecule has 0 spiro atoms. The van der Waals surface area contributed by atoms with E-state index in [1.165, 1.54) is 19.3 Å². The molecule has 0 aliphatic heterocycles. The van der Waals surface area contributed by atoms with Crippen molar-refractivity contribution in [1.29, 1.82) is 0 Å². The Morgan fingerprint density at radius 1 is 0.526 bits per heavy atom. The molecule has 0 nitrogen and oxygen atoms in total. The van der Waals surface area contributed by atoms with E-state index in [-0.39, 0.29) is 0 Å². The average Bonchev–Trinajstić information content (AvgIpc) is 2.50. The van der Waals surface area contributed by atoms with Crippen LogP contribution < -0.4 is 0 Å². The summed E-state index contributed by atoms with van der Waals surface area (Å²) in [4.78, 5) is 0. The summed E-state index contributed by atoms with van der Waals surface area (Å²) in [6.45, 7) is 31.0. The van der Waals surface area contributed by atoms with E-state index in [4.69, 9.17) is 0 Å². The lowest BCUT2D eigenvalue weighted by Crippen LogP contribution is -1.81. The van der Waals surface area contributed by atoms with E-state index in [1.54, 1.807) is 0 Å². The molecule has 0 aliphatic carbocycles. The van der Waals surface area contributed by atoms with Gasteiger partial charge in [-0.1, -0.05) is 123 Å². The Bertz CT molecular complexity index is 29.0. The van der Waals surface area contributed by atoms with Crippen LogP contribution in [0.1, 0.15) is 123 Å². The van der Waals surface area contributed by atoms with Gasteiger partial charge < -0.3 is 0 Å². The molecule has 0 aromatic rings. The highest BCUT2D eigenvalue weighted by atomic mass is 13.9. The molecule has 0 amide bonds. The smallest absolute Gasteiger partial charge is 0.0471 e. The third kappa shape index (κ3) is 512. The lowest BCUT2D eigenvalue weighted by atomic mass is 10.1. The average molecular weight is 281 g/mol. The molecule has 0 saturated heterocycles. The molecular weight excluding hydrogens is 228 g/mol. The second-order valence-corrected chi connectivity index (χ2v) is 2.89. The van der Waals surface area contributed by atoms with Crippen molar-refractivity contribution in [3.63, 3.8) is 0 Å². The topological polar surface area (TPSA) is 0 Å². The molecule has 0 rings (SSSR count). The normalized spacial score (nSPS) is 5.68. The maximum atomic E-state index is 2.25. The van der Waals surface area contributed by atoms with Gasteiger partial charge in [-0.2, -0.15) is 0 Å². The lowest BCUT2D eigenvalue weighted by molar-refractivity contribution is 0.576. The van der Waals surface area contributed by atoms with Crippen LogP contribution in [0.5, 0.6) is 0 Å². The van der Waals surface area contributed by atoms with E-state index in [2.05, 4.69) is 34.6 Å². The fraction of sp³-hybridized carbons (Fsp3) is 1.00. The van der Waals surface area contributed by atoms with E-state index in [0.29, 0.717) is 0 Å². The summed E-state index contributed by atoms with van der Waals surface area (Å²) in [6, 6.07) is 0. The van der Waals surface area contributed by atoms with Crippen molar-refractivity contribution in [3.8, 4) is 0 Å². The number of hydrogen-bond acceptors (Lipinski definition) is 0. The van der Waals surface area contributed by atoms with Crippen LogP contribution in [0.25, 0.3) is 0 Å². The van der Waals surface area contributed by atoms with Gasteiger partial charge in [-0.05, 0) is 5.92 Å². The zero-order valence-corrected chi connectivity index (χ0v) is 17.7. The van der Waals surface area contributed by atoms with Crippen LogP contribution in [-0.4, -0.2) is 0 Å². The first-order valence-electron chi connectivity index (χ1n) is 9.18. The predicted molar refractivity (Wildman–Crippen MR) is 102 cm³/mol. The molecule has 0 aliphatic rings. The van der Waals surface area contributed by atoms with Crippen LogP contribution in [0, 0.1) is 5.92 Å². The van der Waals surface area contributed by atoms with Gasteiger partial charge in [-0.15, -0.1) is 0 Å². The summed E-state index contributed by atoms with van der Waals surface area (Å²) in [5.41, 5.74) is 0. The molecule has 0 unspecified atom stereocenters. The summed E-state index contributed by atoms with van der Waals surface area (Å²) in [5, 5.41) is 0.